The second kappa shape index (κ2) is 5.59. The number of benzene rings is 1. The van der Waals surface area contributed by atoms with E-state index < -0.39 is 12.0 Å². The Kier molecular flexibility index (Phi) is 3.88. The minimum Gasteiger partial charge on any atom is -0.480 e. The van der Waals surface area contributed by atoms with E-state index in [0.717, 1.165) is 10.6 Å². The third-order valence-electron chi connectivity index (χ3n) is 2.38. The van der Waals surface area contributed by atoms with Crippen molar-refractivity contribution in [1.29, 1.82) is 0 Å². The molecule has 1 aromatic carbocycles. The first kappa shape index (κ1) is 12.5. The summed E-state index contributed by atoms with van der Waals surface area (Å²) in [5, 5.41) is 20.9. The number of hydrogen-bond acceptors (Lipinski definition) is 5. The van der Waals surface area contributed by atoms with Crippen LogP contribution in [0.4, 0.5) is 5.13 Å². The number of carbonyl (C=O) groups is 1. The van der Waals surface area contributed by atoms with Gasteiger partial charge in [-0.3, -0.25) is 4.79 Å². The van der Waals surface area contributed by atoms with Crippen LogP contribution >= 0.6 is 11.3 Å². The van der Waals surface area contributed by atoms with E-state index >= 15 is 0 Å². The molecular weight excluding hydrogens is 250 g/mol. The Morgan fingerprint density at radius 2 is 2.11 bits per heavy atom. The average Bonchev–Trinajstić information content (AvgIpc) is 2.77. The molecular formula is C12H13N3O2S. The zero-order valence-electron chi connectivity index (χ0n) is 9.83. The highest BCUT2D eigenvalue weighted by Crippen LogP contribution is 2.19. The summed E-state index contributed by atoms with van der Waals surface area (Å²) in [6.45, 7) is 1.57. The lowest BCUT2D eigenvalue weighted by atomic mass is 10.2. The maximum absolute atomic E-state index is 10.7. The first-order chi connectivity index (χ1) is 8.65. The lowest BCUT2D eigenvalue weighted by molar-refractivity contribution is -0.137. The van der Waals surface area contributed by atoms with Crippen molar-refractivity contribution in [2.45, 2.75) is 19.4 Å². The smallest absolute Gasteiger partial charge is 0.325 e. The Balaban J connectivity index is 2.00. The van der Waals surface area contributed by atoms with Gasteiger partial charge in [0, 0.05) is 6.42 Å². The van der Waals surface area contributed by atoms with Crippen LogP contribution in [0.1, 0.15) is 17.5 Å². The van der Waals surface area contributed by atoms with Gasteiger partial charge in [-0.2, -0.15) is 0 Å². The molecule has 0 saturated heterocycles. The summed E-state index contributed by atoms with van der Waals surface area (Å²) in [7, 11) is 0. The molecule has 2 N–H and O–H groups in total. The van der Waals surface area contributed by atoms with Crippen molar-refractivity contribution in [2.75, 3.05) is 5.32 Å². The number of hydrogen-bond donors (Lipinski definition) is 2. The van der Waals surface area contributed by atoms with E-state index in [2.05, 4.69) is 15.5 Å². The second-order valence-electron chi connectivity index (χ2n) is 3.87. The summed E-state index contributed by atoms with van der Waals surface area (Å²) < 4.78 is 0. The van der Waals surface area contributed by atoms with Gasteiger partial charge in [-0.05, 0) is 12.5 Å². The lowest BCUT2D eigenvalue weighted by Crippen LogP contribution is -2.25. The fourth-order valence-corrected chi connectivity index (χ4v) is 2.26. The molecule has 0 amide bonds. The monoisotopic (exact) mass is 263 g/mol. The molecule has 0 aliphatic carbocycles. The maximum atomic E-state index is 10.7. The third kappa shape index (κ3) is 3.27. The van der Waals surface area contributed by atoms with Crippen LogP contribution in [0.15, 0.2) is 30.3 Å². The highest BCUT2D eigenvalue weighted by molar-refractivity contribution is 7.15. The Labute approximate surface area is 109 Å². The summed E-state index contributed by atoms with van der Waals surface area (Å²) >= 11 is 1.38. The number of anilines is 1. The standard InChI is InChI=1S/C12H13N3O2S/c1-8(11(16)17)13-12-15-14-10(18-12)7-9-5-3-2-4-6-9/h2-6,8H,7H2,1H3,(H,13,15)(H,16,17)/t8-/m0/s1. The van der Waals surface area contributed by atoms with Crippen LogP contribution in [-0.4, -0.2) is 27.3 Å². The van der Waals surface area contributed by atoms with Crippen LogP contribution in [0.25, 0.3) is 0 Å². The van der Waals surface area contributed by atoms with Gasteiger partial charge in [0.25, 0.3) is 0 Å². The van der Waals surface area contributed by atoms with Gasteiger partial charge in [-0.25, -0.2) is 0 Å². The molecule has 0 spiro atoms. The minimum absolute atomic E-state index is 0.538. The summed E-state index contributed by atoms with van der Waals surface area (Å²) in [6, 6.07) is 9.29. The maximum Gasteiger partial charge on any atom is 0.325 e. The van der Waals surface area contributed by atoms with Crippen molar-refractivity contribution in [3.05, 3.63) is 40.9 Å². The van der Waals surface area contributed by atoms with Crippen LogP contribution in [0.3, 0.4) is 0 Å². The number of carboxylic acids is 1. The van der Waals surface area contributed by atoms with Gasteiger partial charge in [-0.15, -0.1) is 10.2 Å². The Hall–Kier alpha value is -1.95. The third-order valence-corrected chi connectivity index (χ3v) is 3.23. The van der Waals surface area contributed by atoms with E-state index in [0.29, 0.717) is 11.6 Å². The number of rotatable bonds is 5. The topological polar surface area (TPSA) is 75.1 Å². The van der Waals surface area contributed by atoms with Crippen molar-refractivity contribution in [1.82, 2.24) is 10.2 Å². The fourth-order valence-electron chi connectivity index (χ4n) is 1.40. The minimum atomic E-state index is -0.908. The highest BCUT2D eigenvalue weighted by Gasteiger charge is 2.13. The highest BCUT2D eigenvalue weighted by atomic mass is 32.1. The van der Waals surface area contributed by atoms with Gasteiger partial charge in [-0.1, -0.05) is 41.7 Å². The summed E-state index contributed by atoms with van der Waals surface area (Å²) in [6.07, 6.45) is 0.710. The number of nitrogens with zero attached hydrogens (tertiary/aromatic N) is 2. The van der Waals surface area contributed by atoms with E-state index in [-0.39, 0.29) is 0 Å². The normalized spacial score (nSPS) is 12.1. The predicted octanol–water partition coefficient (Wildman–Crippen LogP) is 2.01. The number of nitrogens with one attached hydrogen (secondary N) is 1. The molecule has 1 heterocycles. The second-order valence-corrected chi connectivity index (χ2v) is 4.93. The Morgan fingerprint density at radius 1 is 1.39 bits per heavy atom. The Bertz CT molecular complexity index is 527. The summed E-state index contributed by atoms with van der Waals surface area (Å²) in [5.41, 5.74) is 1.16. The van der Waals surface area contributed by atoms with Crippen LogP contribution in [0.2, 0.25) is 0 Å². The largest absolute Gasteiger partial charge is 0.480 e. The van der Waals surface area contributed by atoms with Crippen LogP contribution < -0.4 is 5.32 Å². The molecule has 0 bridgehead atoms. The van der Waals surface area contributed by atoms with Gasteiger partial charge in [0.15, 0.2) is 0 Å². The van der Waals surface area contributed by atoms with E-state index in [1.54, 1.807) is 6.92 Å². The average molecular weight is 263 g/mol. The number of aliphatic carboxylic acids is 1. The molecule has 0 unspecified atom stereocenters. The molecule has 0 saturated carbocycles. The predicted molar refractivity (Wildman–Crippen MR) is 69.9 cm³/mol. The van der Waals surface area contributed by atoms with Crippen LogP contribution in [0, 0.1) is 0 Å². The van der Waals surface area contributed by atoms with Crippen molar-refractivity contribution in [3.63, 3.8) is 0 Å². The van der Waals surface area contributed by atoms with Gasteiger partial charge >= 0.3 is 5.97 Å². The van der Waals surface area contributed by atoms with E-state index in [9.17, 15) is 4.79 Å². The quantitative estimate of drug-likeness (QED) is 0.863. The van der Waals surface area contributed by atoms with Gasteiger partial charge in [0.1, 0.15) is 11.0 Å². The molecule has 5 nitrogen and oxygen atoms in total. The van der Waals surface area contributed by atoms with E-state index in [1.165, 1.54) is 11.3 Å². The fraction of sp³-hybridized carbons (Fsp3) is 0.250. The van der Waals surface area contributed by atoms with Crippen LogP contribution in [-0.2, 0) is 11.2 Å². The van der Waals surface area contributed by atoms with Crippen molar-refractivity contribution in [2.24, 2.45) is 0 Å². The molecule has 1 atom stereocenters. The zero-order valence-corrected chi connectivity index (χ0v) is 10.6. The van der Waals surface area contributed by atoms with E-state index in [4.69, 9.17) is 5.11 Å². The Morgan fingerprint density at radius 3 is 2.78 bits per heavy atom. The molecule has 0 aliphatic heterocycles. The van der Waals surface area contributed by atoms with Gasteiger partial charge in [0.05, 0.1) is 0 Å². The van der Waals surface area contributed by atoms with Crippen molar-refractivity contribution in [3.8, 4) is 0 Å². The molecule has 2 rings (SSSR count). The molecule has 0 radical (unpaired) electrons. The zero-order chi connectivity index (χ0) is 13.0. The number of aromatic nitrogens is 2. The molecule has 2 aromatic rings. The molecule has 18 heavy (non-hydrogen) atoms. The van der Waals surface area contributed by atoms with Gasteiger partial charge < -0.3 is 10.4 Å². The first-order valence-corrected chi connectivity index (χ1v) is 6.32. The summed E-state index contributed by atoms with van der Waals surface area (Å²) in [5.74, 6) is -0.908. The molecule has 0 aliphatic rings. The molecule has 94 valence electrons. The lowest BCUT2D eigenvalue weighted by Gasteiger charge is -2.05. The van der Waals surface area contributed by atoms with Gasteiger partial charge in [0.2, 0.25) is 5.13 Å². The SMILES string of the molecule is C[C@H](Nc1nnc(Cc2ccccc2)s1)C(=O)O. The van der Waals surface area contributed by atoms with Crippen LogP contribution in [0.5, 0.6) is 0 Å². The molecule has 6 heteroatoms. The van der Waals surface area contributed by atoms with Crippen molar-refractivity contribution < 1.29 is 9.90 Å². The number of carboxylic acid groups (broad SMARTS) is 1. The molecule has 0 fully saturated rings. The van der Waals surface area contributed by atoms with Crippen molar-refractivity contribution >= 4 is 22.4 Å². The first-order valence-electron chi connectivity index (χ1n) is 5.51. The summed E-state index contributed by atoms with van der Waals surface area (Å²) in [4.78, 5) is 10.7. The van der Waals surface area contributed by atoms with E-state index in [1.807, 2.05) is 30.3 Å². The molecule has 1 aromatic heterocycles.